The van der Waals surface area contributed by atoms with Gasteiger partial charge in [0, 0.05) is 12.1 Å². The first-order valence-corrected chi connectivity index (χ1v) is 6.30. The Hall–Kier alpha value is -1.71. The lowest BCUT2D eigenvalue weighted by Gasteiger charge is -2.12. The SMILES string of the molecule is COc1cc(OCc2ccccc2)cc([C@@H](C)N)c1.Cl. The van der Waals surface area contributed by atoms with E-state index in [1.807, 2.05) is 55.5 Å². The first-order chi connectivity index (χ1) is 9.19. The lowest BCUT2D eigenvalue weighted by molar-refractivity contribution is 0.303. The molecule has 0 aliphatic rings. The Balaban J connectivity index is 0.00000200. The molecule has 4 heteroatoms. The van der Waals surface area contributed by atoms with Gasteiger partial charge in [0.2, 0.25) is 0 Å². The molecule has 0 unspecified atom stereocenters. The minimum absolute atomic E-state index is 0. The number of methoxy groups -OCH3 is 1. The van der Waals surface area contributed by atoms with Gasteiger partial charge in [0.15, 0.2) is 0 Å². The van der Waals surface area contributed by atoms with Crippen LogP contribution in [0.3, 0.4) is 0 Å². The molecule has 0 radical (unpaired) electrons. The molecule has 1 atom stereocenters. The predicted molar refractivity (Wildman–Crippen MR) is 83.6 cm³/mol. The normalized spacial score (nSPS) is 11.3. The van der Waals surface area contributed by atoms with Gasteiger partial charge in [-0.05, 0) is 30.2 Å². The second kappa shape index (κ2) is 7.78. The molecule has 2 N–H and O–H groups in total. The zero-order valence-electron chi connectivity index (χ0n) is 11.7. The summed E-state index contributed by atoms with van der Waals surface area (Å²) in [6.45, 7) is 2.47. The number of benzene rings is 2. The molecule has 0 saturated carbocycles. The van der Waals surface area contributed by atoms with E-state index in [1.165, 1.54) is 0 Å². The third-order valence-corrected chi connectivity index (χ3v) is 2.91. The maximum absolute atomic E-state index is 5.90. The van der Waals surface area contributed by atoms with Crippen LogP contribution in [0.15, 0.2) is 48.5 Å². The van der Waals surface area contributed by atoms with Gasteiger partial charge in [-0.15, -0.1) is 12.4 Å². The molecule has 0 spiro atoms. The average molecular weight is 294 g/mol. The number of hydrogen-bond acceptors (Lipinski definition) is 3. The van der Waals surface area contributed by atoms with Crippen LogP contribution in [0.25, 0.3) is 0 Å². The summed E-state index contributed by atoms with van der Waals surface area (Å²) in [5.74, 6) is 1.54. The summed E-state index contributed by atoms with van der Waals surface area (Å²) in [5.41, 5.74) is 8.04. The highest BCUT2D eigenvalue weighted by atomic mass is 35.5. The molecule has 0 heterocycles. The highest BCUT2D eigenvalue weighted by molar-refractivity contribution is 5.85. The standard InChI is InChI=1S/C16H19NO2.ClH/c1-12(17)14-8-15(18-2)10-16(9-14)19-11-13-6-4-3-5-7-13;/h3-10,12H,11,17H2,1-2H3;1H/t12-;/m1./s1. The van der Waals surface area contributed by atoms with Gasteiger partial charge in [-0.2, -0.15) is 0 Å². The Morgan fingerprint density at radius 1 is 1.05 bits per heavy atom. The Morgan fingerprint density at radius 2 is 1.70 bits per heavy atom. The Morgan fingerprint density at radius 3 is 2.30 bits per heavy atom. The highest BCUT2D eigenvalue weighted by Gasteiger charge is 2.06. The zero-order valence-corrected chi connectivity index (χ0v) is 12.5. The van der Waals surface area contributed by atoms with Crippen molar-refractivity contribution < 1.29 is 9.47 Å². The van der Waals surface area contributed by atoms with Crippen molar-refractivity contribution >= 4 is 12.4 Å². The lowest BCUT2D eigenvalue weighted by Crippen LogP contribution is -2.06. The fraction of sp³-hybridized carbons (Fsp3) is 0.250. The summed E-state index contributed by atoms with van der Waals surface area (Å²) in [5, 5.41) is 0. The van der Waals surface area contributed by atoms with E-state index in [-0.39, 0.29) is 18.4 Å². The van der Waals surface area contributed by atoms with Gasteiger partial charge in [0.1, 0.15) is 18.1 Å². The van der Waals surface area contributed by atoms with Crippen LogP contribution < -0.4 is 15.2 Å². The van der Waals surface area contributed by atoms with Crippen LogP contribution in [0.2, 0.25) is 0 Å². The number of rotatable bonds is 5. The Kier molecular flexibility index (Phi) is 6.36. The zero-order chi connectivity index (χ0) is 13.7. The van der Waals surface area contributed by atoms with E-state index in [2.05, 4.69) is 0 Å². The van der Waals surface area contributed by atoms with E-state index in [1.54, 1.807) is 7.11 Å². The molecular weight excluding hydrogens is 274 g/mol. The minimum atomic E-state index is -0.0471. The molecule has 0 fully saturated rings. The molecular formula is C16H20ClNO2. The summed E-state index contributed by atoms with van der Waals surface area (Å²) in [4.78, 5) is 0. The van der Waals surface area contributed by atoms with Crippen LogP contribution in [-0.2, 0) is 6.61 Å². The summed E-state index contributed by atoms with van der Waals surface area (Å²) in [6, 6.07) is 15.8. The van der Waals surface area contributed by atoms with Crippen molar-refractivity contribution in [3.63, 3.8) is 0 Å². The summed E-state index contributed by atoms with van der Waals surface area (Å²) in [7, 11) is 1.64. The van der Waals surface area contributed by atoms with Crippen molar-refractivity contribution in [1.82, 2.24) is 0 Å². The molecule has 2 rings (SSSR count). The molecule has 108 valence electrons. The van der Waals surface area contributed by atoms with Crippen LogP contribution in [0, 0.1) is 0 Å². The van der Waals surface area contributed by atoms with E-state index in [0.717, 1.165) is 22.6 Å². The largest absolute Gasteiger partial charge is 0.497 e. The maximum Gasteiger partial charge on any atom is 0.123 e. The first kappa shape index (κ1) is 16.3. The molecule has 3 nitrogen and oxygen atoms in total. The number of ether oxygens (including phenoxy) is 2. The molecule has 0 aliphatic carbocycles. The molecule has 20 heavy (non-hydrogen) atoms. The summed E-state index contributed by atoms with van der Waals surface area (Å²) < 4.78 is 11.1. The molecule has 0 aliphatic heterocycles. The van der Waals surface area contributed by atoms with E-state index in [9.17, 15) is 0 Å². The molecule has 0 bridgehead atoms. The number of halogens is 1. The van der Waals surface area contributed by atoms with Crippen molar-refractivity contribution in [2.75, 3.05) is 7.11 Å². The monoisotopic (exact) mass is 293 g/mol. The summed E-state index contributed by atoms with van der Waals surface area (Å²) in [6.07, 6.45) is 0. The smallest absolute Gasteiger partial charge is 0.123 e. The third-order valence-electron chi connectivity index (χ3n) is 2.91. The van der Waals surface area contributed by atoms with Crippen molar-refractivity contribution in [2.24, 2.45) is 5.73 Å². The van der Waals surface area contributed by atoms with E-state index in [4.69, 9.17) is 15.2 Å². The fourth-order valence-corrected chi connectivity index (χ4v) is 1.80. The van der Waals surface area contributed by atoms with E-state index >= 15 is 0 Å². The Labute approximate surface area is 126 Å². The molecule has 2 aromatic carbocycles. The van der Waals surface area contributed by atoms with Crippen molar-refractivity contribution in [3.8, 4) is 11.5 Å². The second-order valence-corrected chi connectivity index (χ2v) is 4.50. The van der Waals surface area contributed by atoms with Crippen molar-refractivity contribution in [2.45, 2.75) is 19.6 Å². The summed E-state index contributed by atoms with van der Waals surface area (Å²) >= 11 is 0. The van der Waals surface area contributed by atoms with Crippen molar-refractivity contribution in [1.29, 1.82) is 0 Å². The predicted octanol–water partition coefficient (Wildman–Crippen LogP) is 3.72. The Bertz CT molecular complexity index is 529. The van der Waals surface area contributed by atoms with Crippen molar-refractivity contribution in [3.05, 3.63) is 59.7 Å². The van der Waals surface area contributed by atoms with Gasteiger partial charge in [-0.25, -0.2) is 0 Å². The first-order valence-electron chi connectivity index (χ1n) is 6.30. The lowest BCUT2D eigenvalue weighted by atomic mass is 10.1. The number of nitrogens with two attached hydrogens (primary N) is 1. The van der Waals surface area contributed by atoms with Gasteiger partial charge >= 0.3 is 0 Å². The quantitative estimate of drug-likeness (QED) is 0.914. The topological polar surface area (TPSA) is 44.5 Å². The number of hydrogen-bond donors (Lipinski definition) is 1. The molecule has 0 saturated heterocycles. The average Bonchev–Trinajstić information content (AvgIpc) is 2.45. The van der Waals surface area contributed by atoms with E-state index in [0.29, 0.717) is 6.61 Å². The molecule has 0 aromatic heterocycles. The fourth-order valence-electron chi connectivity index (χ4n) is 1.80. The second-order valence-electron chi connectivity index (χ2n) is 4.50. The van der Waals surface area contributed by atoms with Gasteiger partial charge in [-0.1, -0.05) is 30.3 Å². The van der Waals surface area contributed by atoms with Crippen LogP contribution in [-0.4, -0.2) is 7.11 Å². The van der Waals surface area contributed by atoms with Gasteiger partial charge < -0.3 is 15.2 Å². The minimum Gasteiger partial charge on any atom is -0.497 e. The third kappa shape index (κ3) is 4.44. The highest BCUT2D eigenvalue weighted by Crippen LogP contribution is 2.26. The molecule has 2 aromatic rings. The van der Waals surface area contributed by atoms with Crippen LogP contribution in [0.4, 0.5) is 0 Å². The van der Waals surface area contributed by atoms with Crippen LogP contribution in [0.5, 0.6) is 11.5 Å². The van der Waals surface area contributed by atoms with Gasteiger partial charge in [0.05, 0.1) is 7.11 Å². The molecule has 0 amide bonds. The van der Waals surface area contributed by atoms with Crippen LogP contribution in [0.1, 0.15) is 24.1 Å². The van der Waals surface area contributed by atoms with Crippen LogP contribution >= 0.6 is 12.4 Å². The maximum atomic E-state index is 5.90. The van der Waals surface area contributed by atoms with E-state index < -0.39 is 0 Å². The van der Waals surface area contributed by atoms with Gasteiger partial charge in [-0.3, -0.25) is 0 Å². The van der Waals surface area contributed by atoms with Gasteiger partial charge in [0.25, 0.3) is 0 Å².